The highest BCUT2D eigenvalue weighted by molar-refractivity contribution is 4.97. The normalized spacial score (nSPS) is 35.5. The van der Waals surface area contributed by atoms with E-state index in [1.54, 1.807) is 0 Å². The molecule has 2 heterocycles. The first-order valence-electron chi connectivity index (χ1n) is 7.94. The predicted octanol–water partition coefficient (Wildman–Crippen LogP) is 2.64. The van der Waals surface area contributed by atoms with Gasteiger partial charge in [0.2, 0.25) is 0 Å². The molecule has 2 saturated heterocycles. The van der Waals surface area contributed by atoms with Gasteiger partial charge in [0.1, 0.15) is 0 Å². The maximum Gasteiger partial charge on any atom is 0.0565 e. The van der Waals surface area contributed by atoms with E-state index >= 15 is 0 Å². The molecule has 2 fully saturated rings. The van der Waals surface area contributed by atoms with E-state index in [0.29, 0.717) is 11.5 Å². The summed E-state index contributed by atoms with van der Waals surface area (Å²) in [6.45, 7) is 13.4. The molecular formula is C16H32N2O. The van der Waals surface area contributed by atoms with Crippen molar-refractivity contribution < 1.29 is 4.74 Å². The van der Waals surface area contributed by atoms with Crippen LogP contribution in [0.4, 0.5) is 0 Å². The maximum atomic E-state index is 6.15. The Balaban J connectivity index is 1.99. The van der Waals surface area contributed by atoms with Crippen molar-refractivity contribution in [2.24, 2.45) is 17.1 Å². The number of hydrogen-bond acceptors (Lipinski definition) is 3. The van der Waals surface area contributed by atoms with Crippen molar-refractivity contribution in [1.29, 1.82) is 0 Å². The molecule has 2 aliphatic heterocycles. The molecule has 3 heteroatoms. The van der Waals surface area contributed by atoms with Gasteiger partial charge in [-0.15, -0.1) is 0 Å². The second-order valence-electron chi connectivity index (χ2n) is 7.69. The molecule has 2 rings (SSSR count). The average Bonchev–Trinajstić information content (AvgIpc) is 2.38. The van der Waals surface area contributed by atoms with Crippen LogP contribution in [-0.2, 0) is 4.74 Å². The van der Waals surface area contributed by atoms with Crippen LogP contribution < -0.4 is 5.73 Å². The lowest BCUT2D eigenvalue weighted by molar-refractivity contribution is -0.0765. The fraction of sp³-hybridized carbons (Fsp3) is 1.00. The first-order valence-corrected chi connectivity index (χ1v) is 7.94. The molecule has 0 aromatic heterocycles. The van der Waals surface area contributed by atoms with E-state index in [0.717, 1.165) is 31.9 Å². The number of piperidine rings is 1. The van der Waals surface area contributed by atoms with Gasteiger partial charge in [0, 0.05) is 18.7 Å². The summed E-state index contributed by atoms with van der Waals surface area (Å²) in [7, 11) is 0. The summed E-state index contributed by atoms with van der Waals surface area (Å²) in [4.78, 5) is 2.67. The van der Waals surface area contributed by atoms with Gasteiger partial charge in [-0.05, 0) is 57.0 Å². The van der Waals surface area contributed by atoms with E-state index in [2.05, 4.69) is 32.6 Å². The second kappa shape index (κ2) is 5.71. The van der Waals surface area contributed by atoms with Crippen LogP contribution in [0.3, 0.4) is 0 Å². The highest BCUT2D eigenvalue weighted by atomic mass is 16.5. The van der Waals surface area contributed by atoms with E-state index in [1.165, 1.54) is 25.9 Å². The molecule has 0 spiro atoms. The molecule has 2 unspecified atom stereocenters. The average molecular weight is 268 g/mol. The van der Waals surface area contributed by atoms with Gasteiger partial charge in [-0.2, -0.15) is 0 Å². The van der Waals surface area contributed by atoms with Crippen molar-refractivity contribution >= 4 is 0 Å². The van der Waals surface area contributed by atoms with Crippen molar-refractivity contribution in [3.63, 3.8) is 0 Å². The van der Waals surface area contributed by atoms with Crippen molar-refractivity contribution in [1.82, 2.24) is 4.90 Å². The minimum atomic E-state index is 0.209. The topological polar surface area (TPSA) is 38.5 Å². The van der Waals surface area contributed by atoms with Gasteiger partial charge in [0.05, 0.1) is 6.10 Å². The summed E-state index contributed by atoms with van der Waals surface area (Å²) < 4.78 is 5.72. The fourth-order valence-corrected chi connectivity index (χ4v) is 3.97. The predicted molar refractivity (Wildman–Crippen MR) is 80.2 cm³/mol. The largest absolute Gasteiger partial charge is 0.378 e. The molecule has 0 radical (unpaired) electrons. The molecule has 0 saturated carbocycles. The second-order valence-corrected chi connectivity index (χ2v) is 7.69. The van der Waals surface area contributed by atoms with Crippen LogP contribution in [-0.4, -0.2) is 42.8 Å². The molecule has 0 aromatic carbocycles. The summed E-state index contributed by atoms with van der Waals surface area (Å²) in [6, 6.07) is 0. The fourth-order valence-electron chi connectivity index (χ4n) is 3.97. The Kier molecular flexibility index (Phi) is 4.59. The molecule has 112 valence electrons. The maximum absolute atomic E-state index is 6.15. The standard InChI is InChI=1S/C16H32N2O/c1-13-11-16(12-17,7-10-19-13)18-8-5-14(6-9-18)15(2,3)4/h13-14H,5-12,17H2,1-4H3. The van der Waals surface area contributed by atoms with Crippen LogP contribution in [0.25, 0.3) is 0 Å². The summed E-state index contributed by atoms with van der Waals surface area (Å²) in [6.07, 6.45) is 5.20. The van der Waals surface area contributed by atoms with E-state index in [-0.39, 0.29) is 5.54 Å². The molecule has 0 aromatic rings. The van der Waals surface area contributed by atoms with Gasteiger partial charge in [-0.3, -0.25) is 4.90 Å². The Morgan fingerprint density at radius 1 is 1.26 bits per heavy atom. The molecule has 2 atom stereocenters. The highest BCUT2D eigenvalue weighted by Crippen LogP contribution is 2.38. The smallest absolute Gasteiger partial charge is 0.0565 e. The van der Waals surface area contributed by atoms with Gasteiger partial charge in [0.25, 0.3) is 0 Å². The third kappa shape index (κ3) is 3.32. The number of hydrogen-bond donors (Lipinski definition) is 1. The van der Waals surface area contributed by atoms with Crippen LogP contribution in [0.15, 0.2) is 0 Å². The number of nitrogens with two attached hydrogens (primary N) is 1. The zero-order valence-electron chi connectivity index (χ0n) is 13.2. The number of likely N-dealkylation sites (tertiary alicyclic amines) is 1. The highest BCUT2D eigenvalue weighted by Gasteiger charge is 2.42. The molecular weight excluding hydrogens is 236 g/mol. The van der Waals surface area contributed by atoms with Crippen LogP contribution in [0, 0.1) is 11.3 Å². The van der Waals surface area contributed by atoms with Gasteiger partial charge in [-0.1, -0.05) is 20.8 Å². The van der Waals surface area contributed by atoms with Crippen LogP contribution in [0.1, 0.15) is 53.4 Å². The lowest BCUT2D eigenvalue weighted by atomic mass is 9.73. The van der Waals surface area contributed by atoms with Crippen LogP contribution in [0.2, 0.25) is 0 Å². The van der Waals surface area contributed by atoms with Crippen LogP contribution >= 0.6 is 0 Å². The van der Waals surface area contributed by atoms with Gasteiger partial charge >= 0.3 is 0 Å². The lowest BCUT2D eigenvalue weighted by Gasteiger charge is -2.51. The first-order chi connectivity index (χ1) is 8.87. The zero-order valence-corrected chi connectivity index (χ0v) is 13.2. The first kappa shape index (κ1) is 15.3. The quantitative estimate of drug-likeness (QED) is 0.837. The Hall–Kier alpha value is -0.120. The monoisotopic (exact) mass is 268 g/mol. The van der Waals surface area contributed by atoms with Gasteiger partial charge in [-0.25, -0.2) is 0 Å². The number of ether oxygens (including phenoxy) is 1. The van der Waals surface area contributed by atoms with Crippen molar-refractivity contribution in [2.45, 2.75) is 65.0 Å². The third-order valence-corrected chi connectivity index (χ3v) is 5.41. The minimum Gasteiger partial charge on any atom is -0.378 e. The molecule has 2 aliphatic rings. The Morgan fingerprint density at radius 2 is 1.89 bits per heavy atom. The van der Waals surface area contributed by atoms with Gasteiger partial charge in [0.15, 0.2) is 0 Å². The lowest BCUT2D eigenvalue weighted by Crippen LogP contribution is -2.60. The molecule has 0 amide bonds. The van der Waals surface area contributed by atoms with E-state index < -0.39 is 0 Å². The zero-order chi connectivity index (χ0) is 14.1. The molecule has 0 bridgehead atoms. The minimum absolute atomic E-state index is 0.209. The molecule has 3 nitrogen and oxygen atoms in total. The third-order valence-electron chi connectivity index (χ3n) is 5.41. The summed E-state index contributed by atoms with van der Waals surface area (Å²) in [5.41, 5.74) is 6.81. The summed E-state index contributed by atoms with van der Waals surface area (Å²) in [5, 5.41) is 0. The van der Waals surface area contributed by atoms with E-state index in [9.17, 15) is 0 Å². The van der Waals surface area contributed by atoms with Crippen LogP contribution in [0.5, 0.6) is 0 Å². The van der Waals surface area contributed by atoms with Gasteiger partial charge < -0.3 is 10.5 Å². The summed E-state index contributed by atoms with van der Waals surface area (Å²) in [5.74, 6) is 0.857. The van der Waals surface area contributed by atoms with Crippen molar-refractivity contribution in [2.75, 3.05) is 26.2 Å². The molecule has 0 aliphatic carbocycles. The molecule has 19 heavy (non-hydrogen) atoms. The van der Waals surface area contributed by atoms with E-state index in [4.69, 9.17) is 10.5 Å². The SMILES string of the molecule is CC1CC(CN)(N2CCC(C(C)(C)C)CC2)CCO1. The van der Waals surface area contributed by atoms with E-state index in [1.807, 2.05) is 0 Å². The Morgan fingerprint density at radius 3 is 2.37 bits per heavy atom. The number of nitrogens with zero attached hydrogens (tertiary/aromatic N) is 1. The Labute approximate surface area is 118 Å². The van der Waals surface area contributed by atoms with Crippen molar-refractivity contribution in [3.05, 3.63) is 0 Å². The van der Waals surface area contributed by atoms with Crippen molar-refractivity contribution in [3.8, 4) is 0 Å². The summed E-state index contributed by atoms with van der Waals surface area (Å²) >= 11 is 0. The number of rotatable bonds is 2. The molecule has 2 N–H and O–H groups in total. The Bertz CT molecular complexity index is 292.